The monoisotopic (exact) mass is 240 g/mol. The number of rotatable bonds is 2. The predicted octanol–water partition coefficient (Wildman–Crippen LogP) is 0.324. The van der Waals surface area contributed by atoms with Gasteiger partial charge in [-0.25, -0.2) is 9.59 Å². The van der Waals surface area contributed by atoms with Gasteiger partial charge in [0.2, 0.25) is 0 Å². The van der Waals surface area contributed by atoms with Crippen LogP contribution < -0.4 is 11.1 Å². The van der Waals surface area contributed by atoms with Gasteiger partial charge in [0.15, 0.2) is 0 Å². The molecule has 5 heteroatoms. The third-order valence-electron chi connectivity index (χ3n) is 3.72. The Labute approximate surface area is 101 Å². The van der Waals surface area contributed by atoms with Crippen molar-refractivity contribution in [3.05, 3.63) is 0 Å². The molecule has 4 atom stereocenters. The summed E-state index contributed by atoms with van der Waals surface area (Å²) < 4.78 is 4.74. The van der Waals surface area contributed by atoms with Gasteiger partial charge in [0, 0.05) is 6.04 Å². The Morgan fingerprint density at radius 2 is 2.06 bits per heavy atom. The van der Waals surface area contributed by atoms with Crippen LogP contribution in [0.1, 0.15) is 39.0 Å². The highest BCUT2D eigenvalue weighted by Gasteiger charge is 2.39. The number of hydrogen-bond acceptors (Lipinski definition) is 5. The molecular weight excluding hydrogens is 220 g/mol. The highest BCUT2D eigenvalue weighted by molar-refractivity contribution is 5.90. The molecule has 1 saturated carbocycles. The van der Waals surface area contributed by atoms with Gasteiger partial charge in [-0.15, -0.1) is 0 Å². The van der Waals surface area contributed by atoms with Crippen molar-refractivity contribution in [3.63, 3.8) is 0 Å². The number of esters is 2. The quantitative estimate of drug-likeness (QED) is 0.537. The minimum absolute atomic E-state index is 0.328. The Morgan fingerprint density at radius 3 is 2.71 bits per heavy atom. The molecule has 1 aliphatic heterocycles. The molecule has 0 aromatic rings. The summed E-state index contributed by atoms with van der Waals surface area (Å²) in [5.74, 6) is -0.555. The maximum Gasteiger partial charge on any atom is 0.330 e. The number of nitrogens with two attached hydrogens (primary N) is 1. The molecule has 1 saturated heterocycles. The fourth-order valence-electron chi connectivity index (χ4n) is 2.77. The zero-order valence-electron chi connectivity index (χ0n) is 10.1. The molecule has 1 heterocycles. The largest absolute Gasteiger partial charge is 0.391 e. The lowest BCUT2D eigenvalue weighted by Crippen LogP contribution is -2.40. The molecule has 2 aliphatic rings. The maximum absolute atomic E-state index is 11.7. The molecule has 0 spiro atoms. The van der Waals surface area contributed by atoms with E-state index in [0.29, 0.717) is 12.0 Å². The second-order valence-electron chi connectivity index (χ2n) is 5.13. The van der Waals surface area contributed by atoms with Crippen LogP contribution in [0.5, 0.6) is 0 Å². The summed E-state index contributed by atoms with van der Waals surface area (Å²) in [6.07, 6.45) is 5.53. The number of ether oxygens (including phenoxy) is 1. The summed E-state index contributed by atoms with van der Waals surface area (Å²) in [7, 11) is 0. The summed E-state index contributed by atoms with van der Waals surface area (Å²) in [5.41, 5.74) is 5.35. The molecule has 1 aliphatic carbocycles. The smallest absolute Gasteiger partial charge is 0.330 e. The van der Waals surface area contributed by atoms with E-state index in [1.54, 1.807) is 0 Å². The van der Waals surface area contributed by atoms with Crippen molar-refractivity contribution in [1.29, 1.82) is 0 Å². The van der Waals surface area contributed by atoms with Gasteiger partial charge in [0.25, 0.3) is 0 Å². The molecule has 2 fully saturated rings. The number of carbonyl (C=O) groups is 2. The average molecular weight is 240 g/mol. The Balaban J connectivity index is 1.87. The fourth-order valence-corrected chi connectivity index (χ4v) is 2.77. The molecule has 5 nitrogen and oxygen atoms in total. The van der Waals surface area contributed by atoms with Crippen LogP contribution in [0.25, 0.3) is 0 Å². The van der Waals surface area contributed by atoms with Gasteiger partial charge in [-0.2, -0.15) is 0 Å². The zero-order chi connectivity index (χ0) is 12.4. The zero-order valence-corrected chi connectivity index (χ0v) is 10.1. The maximum atomic E-state index is 11.7. The van der Waals surface area contributed by atoms with Crippen molar-refractivity contribution >= 4 is 11.9 Å². The first-order valence-electron chi connectivity index (χ1n) is 6.35. The Hall–Kier alpha value is -0.940. The van der Waals surface area contributed by atoms with E-state index in [1.807, 2.05) is 0 Å². The molecule has 3 N–H and O–H groups in total. The molecule has 0 aromatic heterocycles. The minimum atomic E-state index is -0.748. The normalized spacial score (nSPS) is 33.9. The van der Waals surface area contributed by atoms with Crippen LogP contribution in [0.4, 0.5) is 0 Å². The van der Waals surface area contributed by atoms with E-state index in [-0.39, 0.29) is 6.04 Å². The van der Waals surface area contributed by atoms with Gasteiger partial charge in [0.05, 0.1) is 0 Å². The molecule has 0 radical (unpaired) electrons. The molecule has 2 rings (SSSR count). The molecule has 96 valence electrons. The number of hydrogen-bond donors (Lipinski definition) is 2. The fraction of sp³-hybridized carbons (Fsp3) is 0.833. The van der Waals surface area contributed by atoms with Crippen LogP contribution in [-0.2, 0) is 14.3 Å². The summed E-state index contributed by atoms with van der Waals surface area (Å²) >= 11 is 0. The van der Waals surface area contributed by atoms with E-state index in [4.69, 9.17) is 10.5 Å². The first-order chi connectivity index (χ1) is 8.08. The predicted molar refractivity (Wildman–Crippen MR) is 62.0 cm³/mol. The summed E-state index contributed by atoms with van der Waals surface area (Å²) in [4.78, 5) is 23.0. The van der Waals surface area contributed by atoms with E-state index in [9.17, 15) is 9.59 Å². The Kier molecular flexibility index (Phi) is 3.79. The standard InChI is InChI=1S/C12H20N2O3/c1-7(13)11(15)17-12(16)10-6-8-4-2-3-5-9(8)14-10/h7-10,14H,2-6,13H2,1H3/t7-,8?,9?,10?/m0/s1. The average Bonchev–Trinajstić information content (AvgIpc) is 2.72. The molecule has 0 amide bonds. The van der Waals surface area contributed by atoms with Crippen LogP contribution in [0.2, 0.25) is 0 Å². The summed E-state index contributed by atoms with van der Waals surface area (Å²) in [6, 6.07) is -0.653. The topological polar surface area (TPSA) is 81.4 Å². The van der Waals surface area contributed by atoms with Crippen molar-refractivity contribution in [2.75, 3.05) is 0 Å². The van der Waals surface area contributed by atoms with E-state index in [2.05, 4.69) is 5.32 Å². The molecule has 0 aromatic carbocycles. The van der Waals surface area contributed by atoms with Crippen LogP contribution in [0, 0.1) is 5.92 Å². The van der Waals surface area contributed by atoms with Crippen molar-refractivity contribution in [3.8, 4) is 0 Å². The van der Waals surface area contributed by atoms with Gasteiger partial charge in [-0.3, -0.25) is 0 Å². The molecule has 0 bridgehead atoms. The number of fused-ring (bicyclic) bond motifs is 1. The van der Waals surface area contributed by atoms with Gasteiger partial charge in [-0.05, 0) is 32.1 Å². The Bertz CT molecular complexity index is 303. The van der Waals surface area contributed by atoms with Crippen LogP contribution >= 0.6 is 0 Å². The Morgan fingerprint density at radius 1 is 1.35 bits per heavy atom. The van der Waals surface area contributed by atoms with Crippen molar-refractivity contribution in [2.45, 2.75) is 57.2 Å². The highest BCUT2D eigenvalue weighted by atomic mass is 16.6. The second-order valence-corrected chi connectivity index (χ2v) is 5.13. The number of carbonyl (C=O) groups excluding carboxylic acids is 2. The molecular formula is C12H20N2O3. The van der Waals surface area contributed by atoms with Crippen molar-refractivity contribution in [1.82, 2.24) is 5.32 Å². The van der Waals surface area contributed by atoms with Crippen molar-refractivity contribution < 1.29 is 14.3 Å². The highest BCUT2D eigenvalue weighted by Crippen LogP contribution is 2.33. The third-order valence-corrected chi connectivity index (χ3v) is 3.72. The number of nitrogens with one attached hydrogen (secondary N) is 1. The first kappa shape index (κ1) is 12.5. The lowest BCUT2D eigenvalue weighted by atomic mass is 9.85. The lowest BCUT2D eigenvalue weighted by Gasteiger charge is -2.24. The van der Waals surface area contributed by atoms with E-state index >= 15 is 0 Å². The van der Waals surface area contributed by atoms with Crippen LogP contribution in [0.15, 0.2) is 0 Å². The van der Waals surface area contributed by atoms with E-state index in [1.165, 1.54) is 26.2 Å². The minimum Gasteiger partial charge on any atom is -0.391 e. The van der Waals surface area contributed by atoms with Gasteiger partial charge in [-0.1, -0.05) is 12.8 Å². The van der Waals surface area contributed by atoms with E-state index < -0.39 is 18.0 Å². The first-order valence-corrected chi connectivity index (χ1v) is 6.35. The van der Waals surface area contributed by atoms with Crippen LogP contribution in [0.3, 0.4) is 0 Å². The van der Waals surface area contributed by atoms with Gasteiger partial charge >= 0.3 is 11.9 Å². The summed E-state index contributed by atoms with van der Waals surface area (Å²) in [6.45, 7) is 1.51. The molecule has 3 unspecified atom stereocenters. The SMILES string of the molecule is C[C@H](N)C(=O)OC(=O)C1CC2CCCCC2N1. The third kappa shape index (κ3) is 2.84. The van der Waals surface area contributed by atoms with Gasteiger partial charge < -0.3 is 15.8 Å². The van der Waals surface area contributed by atoms with Crippen LogP contribution in [-0.4, -0.2) is 30.1 Å². The van der Waals surface area contributed by atoms with E-state index in [0.717, 1.165) is 12.8 Å². The molecule has 17 heavy (non-hydrogen) atoms. The second kappa shape index (κ2) is 5.14. The lowest BCUT2D eigenvalue weighted by molar-refractivity contribution is -0.161. The summed E-state index contributed by atoms with van der Waals surface area (Å²) in [5, 5.41) is 3.27. The van der Waals surface area contributed by atoms with Gasteiger partial charge in [0.1, 0.15) is 12.1 Å². The van der Waals surface area contributed by atoms with Crippen molar-refractivity contribution in [2.24, 2.45) is 11.7 Å².